The smallest absolute Gasteiger partial charge is 0.206 e. The maximum absolute atomic E-state index is 11.3. The van der Waals surface area contributed by atoms with Crippen molar-refractivity contribution in [1.29, 1.82) is 0 Å². The summed E-state index contributed by atoms with van der Waals surface area (Å²) in [6.45, 7) is 0.806. The Balaban J connectivity index is 3.17. The second-order valence-corrected chi connectivity index (χ2v) is 1.50. The van der Waals surface area contributed by atoms with Gasteiger partial charge < -0.3 is 0 Å². The van der Waals surface area contributed by atoms with Gasteiger partial charge in [-0.05, 0) is 0 Å². The lowest BCUT2D eigenvalue weighted by atomic mass is 10.5. The van der Waals surface area contributed by atoms with E-state index in [0.29, 0.717) is 0 Å². The van der Waals surface area contributed by atoms with Crippen LogP contribution in [-0.2, 0) is 0 Å². The Kier molecular flexibility index (Phi) is 1.84. The zero-order valence-electron chi connectivity index (χ0n) is 3.37. The Bertz CT molecular complexity index is 38.5. The Morgan fingerprint density at radius 2 is 1.83 bits per heavy atom. The summed E-state index contributed by atoms with van der Waals surface area (Å²) in [4.78, 5) is 0. The minimum absolute atomic E-state index is 0.479. The van der Waals surface area contributed by atoms with Gasteiger partial charge in [0.15, 0.2) is 0 Å². The van der Waals surface area contributed by atoms with Crippen molar-refractivity contribution in [2.45, 2.75) is 12.8 Å². The summed E-state index contributed by atoms with van der Waals surface area (Å²) in [6, 6.07) is 0. The Hall–Kier alpha value is 0.210. The van der Waals surface area contributed by atoms with Crippen LogP contribution in [0.5, 0.6) is 0 Å². The van der Waals surface area contributed by atoms with Crippen molar-refractivity contribution in [1.82, 2.24) is 0 Å². The highest BCUT2D eigenvalue weighted by Crippen LogP contribution is 2.11. The number of halogens is 2. The minimum atomic E-state index is -2.64. The monoisotopic (exact) mass is 111 g/mol. The van der Waals surface area contributed by atoms with Crippen LogP contribution in [0, 0.1) is 0 Å². The lowest BCUT2D eigenvalue weighted by Crippen LogP contribution is -2.10. The van der Waals surface area contributed by atoms with Crippen LogP contribution in [0.2, 0.25) is 0 Å². The summed E-state index contributed by atoms with van der Waals surface area (Å²) in [5, 5.41) is 0. The van der Waals surface area contributed by atoms with Crippen molar-refractivity contribution in [3.8, 4) is 0 Å². The van der Waals surface area contributed by atoms with Crippen molar-refractivity contribution >= 4 is 12.6 Å². The number of hydrogen-bond acceptors (Lipinski definition) is 0. The second kappa shape index (κ2) is 1.78. The topological polar surface area (TPSA) is 0 Å². The molecule has 0 rings (SSSR count). The summed E-state index contributed by atoms with van der Waals surface area (Å²) in [5.74, 6) is -3.12. The molecule has 0 aliphatic carbocycles. The zero-order chi connectivity index (χ0) is 5.21. The average molecular weight is 111 g/mol. The summed E-state index contributed by atoms with van der Waals surface area (Å²) in [6.07, 6.45) is 0. The molecule has 0 bridgehead atoms. The van der Waals surface area contributed by atoms with Crippen LogP contribution >= 0.6 is 12.6 Å². The predicted octanol–water partition coefficient (Wildman–Crippen LogP) is 1.84. The molecule has 3 heteroatoms. The van der Waals surface area contributed by atoms with Gasteiger partial charge in [0.1, 0.15) is 0 Å². The third-order valence-corrected chi connectivity index (χ3v) is 0.760. The SMILES string of the molecule is CC(F)(F)C[S]. The van der Waals surface area contributed by atoms with E-state index in [1.807, 2.05) is 0 Å². The van der Waals surface area contributed by atoms with Gasteiger partial charge in [-0.1, -0.05) is 12.6 Å². The fraction of sp³-hybridized carbons (Fsp3) is 1.00. The van der Waals surface area contributed by atoms with Crippen molar-refractivity contribution < 1.29 is 8.78 Å². The number of rotatable bonds is 1. The Morgan fingerprint density at radius 3 is 1.83 bits per heavy atom. The lowest BCUT2D eigenvalue weighted by Gasteiger charge is -2.00. The molecule has 0 aromatic rings. The lowest BCUT2D eigenvalue weighted by molar-refractivity contribution is 0.0496. The first-order valence-electron chi connectivity index (χ1n) is 1.52. The van der Waals surface area contributed by atoms with Gasteiger partial charge in [-0.3, -0.25) is 0 Å². The highest BCUT2D eigenvalue weighted by Gasteiger charge is 2.17. The fourth-order valence-corrected chi connectivity index (χ4v) is 0. The Morgan fingerprint density at radius 1 is 1.67 bits per heavy atom. The molecule has 0 nitrogen and oxygen atoms in total. The molecule has 1 radical (unpaired) electrons. The normalized spacial score (nSPS) is 12.0. The molecule has 0 aromatic carbocycles. The third-order valence-electron chi connectivity index (χ3n) is 0.253. The first kappa shape index (κ1) is 6.21. The highest BCUT2D eigenvalue weighted by molar-refractivity contribution is 7.80. The minimum Gasteiger partial charge on any atom is -0.206 e. The molecule has 0 saturated heterocycles. The highest BCUT2D eigenvalue weighted by atomic mass is 32.1. The van der Waals surface area contributed by atoms with Gasteiger partial charge in [0, 0.05) is 6.92 Å². The van der Waals surface area contributed by atoms with E-state index in [9.17, 15) is 8.78 Å². The maximum atomic E-state index is 11.3. The van der Waals surface area contributed by atoms with Gasteiger partial charge in [-0.2, -0.15) is 0 Å². The third kappa shape index (κ3) is 4.21. The molecule has 6 heavy (non-hydrogen) atoms. The predicted molar refractivity (Wildman–Crippen MR) is 23.1 cm³/mol. The van der Waals surface area contributed by atoms with Crippen molar-refractivity contribution in [2.75, 3.05) is 5.75 Å². The zero-order valence-corrected chi connectivity index (χ0v) is 4.19. The molecule has 0 unspecified atom stereocenters. The quantitative estimate of drug-likeness (QED) is 0.484. The summed E-state index contributed by atoms with van der Waals surface area (Å²) in [7, 11) is 0. The van der Waals surface area contributed by atoms with Crippen LogP contribution < -0.4 is 0 Å². The van der Waals surface area contributed by atoms with E-state index in [0.717, 1.165) is 6.92 Å². The molecule has 0 N–H and O–H groups in total. The molecule has 0 saturated carbocycles. The molecule has 0 aromatic heterocycles. The molecule has 37 valence electrons. The molecule has 0 aliphatic heterocycles. The van der Waals surface area contributed by atoms with Crippen molar-refractivity contribution in [3.63, 3.8) is 0 Å². The van der Waals surface area contributed by atoms with Gasteiger partial charge in [0.2, 0.25) is 0 Å². The van der Waals surface area contributed by atoms with Crippen LogP contribution in [0.1, 0.15) is 6.92 Å². The average Bonchev–Trinajstić information content (AvgIpc) is 1.35. The van der Waals surface area contributed by atoms with E-state index in [4.69, 9.17) is 0 Å². The fourth-order valence-electron chi connectivity index (χ4n) is 0. The molecule has 0 amide bonds. The van der Waals surface area contributed by atoms with Gasteiger partial charge in [0.25, 0.3) is 5.92 Å². The molecule has 0 heterocycles. The summed E-state index contributed by atoms with van der Waals surface area (Å²) >= 11 is 4.04. The molecule has 0 aliphatic rings. The molecule has 0 fully saturated rings. The summed E-state index contributed by atoms with van der Waals surface area (Å²) in [5.41, 5.74) is 0. The summed E-state index contributed by atoms with van der Waals surface area (Å²) < 4.78 is 22.7. The van der Waals surface area contributed by atoms with E-state index in [-0.39, 0.29) is 0 Å². The van der Waals surface area contributed by atoms with Crippen molar-refractivity contribution in [2.24, 2.45) is 0 Å². The van der Waals surface area contributed by atoms with E-state index in [1.165, 1.54) is 0 Å². The molecule has 0 atom stereocenters. The van der Waals surface area contributed by atoms with Crippen molar-refractivity contribution in [3.05, 3.63) is 0 Å². The van der Waals surface area contributed by atoms with Gasteiger partial charge in [-0.25, -0.2) is 8.78 Å². The van der Waals surface area contributed by atoms with E-state index >= 15 is 0 Å². The van der Waals surface area contributed by atoms with Crippen LogP contribution in [0.4, 0.5) is 8.78 Å². The number of alkyl halides is 2. The largest absolute Gasteiger partial charge is 0.255 e. The van der Waals surface area contributed by atoms with Gasteiger partial charge in [0.05, 0.1) is 5.75 Å². The Labute approximate surface area is 41.0 Å². The van der Waals surface area contributed by atoms with Gasteiger partial charge >= 0.3 is 0 Å². The van der Waals surface area contributed by atoms with Crippen LogP contribution in [0.15, 0.2) is 0 Å². The number of hydrogen-bond donors (Lipinski definition) is 0. The van der Waals surface area contributed by atoms with Crippen LogP contribution in [0.3, 0.4) is 0 Å². The second-order valence-electron chi connectivity index (χ2n) is 1.21. The first-order chi connectivity index (χ1) is 2.56. The van der Waals surface area contributed by atoms with E-state index in [1.54, 1.807) is 0 Å². The molecular formula is C3H5F2S. The molecular weight excluding hydrogens is 106 g/mol. The van der Waals surface area contributed by atoms with E-state index in [2.05, 4.69) is 12.6 Å². The first-order valence-corrected chi connectivity index (χ1v) is 2.10. The van der Waals surface area contributed by atoms with Crippen LogP contribution in [-0.4, -0.2) is 11.7 Å². The maximum Gasteiger partial charge on any atom is 0.255 e. The standard InChI is InChI=1S/C3H5F2S/c1-3(4,5)2-6/h2H2,1H3. The van der Waals surface area contributed by atoms with Crippen LogP contribution in [0.25, 0.3) is 0 Å². The van der Waals surface area contributed by atoms with Gasteiger partial charge in [-0.15, -0.1) is 0 Å². The molecule has 0 spiro atoms. The van der Waals surface area contributed by atoms with E-state index < -0.39 is 11.7 Å².